The lowest BCUT2D eigenvalue weighted by molar-refractivity contribution is 1.09. The van der Waals surface area contributed by atoms with Crippen LogP contribution in [0.5, 0.6) is 0 Å². The zero-order chi connectivity index (χ0) is 13.7. The van der Waals surface area contributed by atoms with Gasteiger partial charge in [-0.15, -0.1) is 0 Å². The van der Waals surface area contributed by atoms with Crippen molar-refractivity contribution >= 4 is 32.6 Å². The predicted octanol–water partition coefficient (Wildman–Crippen LogP) is 1.92. The molecule has 2 heterocycles. The van der Waals surface area contributed by atoms with Crippen molar-refractivity contribution in [3.63, 3.8) is 0 Å². The molecule has 2 N–H and O–H groups in total. The van der Waals surface area contributed by atoms with Crippen LogP contribution < -0.4 is 11.2 Å². The van der Waals surface area contributed by atoms with Gasteiger partial charge in [0.1, 0.15) is 5.65 Å². The van der Waals surface area contributed by atoms with Gasteiger partial charge < -0.3 is 4.98 Å². The lowest BCUT2D eigenvalue weighted by Crippen LogP contribution is -2.14. The quantitative estimate of drug-likeness (QED) is 0.476. The van der Waals surface area contributed by atoms with E-state index in [1.54, 1.807) is 0 Å². The summed E-state index contributed by atoms with van der Waals surface area (Å²) in [5.41, 5.74) is -0.294. The summed E-state index contributed by atoms with van der Waals surface area (Å²) in [5.74, 6) is 0. The Bertz CT molecular complexity index is 1090. The SMILES string of the molecule is O=c1ncc2c([nH]1)[nH]c(=O)c1c3ccccc3ccc21. The molecule has 20 heavy (non-hydrogen) atoms. The van der Waals surface area contributed by atoms with E-state index in [-0.39, 0.29) is 5.56 Å². The molecule has 4 rings (SSSR count). The van der Waals surface area contributed by atoms with Gasteiger partial charge in [-0.3, -0.25) is 9.78 Å². The van der Waals surface area contributed by atoms with Crippen LogP contribution in [0.2, 0.25) is 0 Å². The van der Waals surface area contributed by atoms with Crippen molar-refractivity contribution in [2.24, 2.45) is 0 Å². The number of rotatable bonds is 0. The highest BCUT2D eigenvalue weighted by molar-refractivity contribution is 6.15. The van der Waals surface area contributed by atoms with Gasteiger partial charge in [0.15, 0.2) is 0 Å². The van der Waals surface area contributed by atoms with Crippen molar-refractivity contribution in [2.45, 2.75) is 0 Å². The van der Waals surface area contributed by atoms with Crippen molar-refractivity contribution in [2.75, 3.05) is 0 Å². The smallest absolute Gasteiger partial charge is 0.307 e. The number of hydrogen-bond donors (Lipinski definition) is 2. The number of aromatic amines is 2. The topological polar surface area (TPSA) is 78.6 Å². The highest BCUT2D eigenvalue weighted by Crippen LogP contribution is 2.26. The summed E-state index contributed by atoms with van der Waals surface area (Å²) in [5, 5.41) is 4.02. The Kier molecular flexibility index (Phi) is 2.06. The average molecular weight is 263 g/mol. The standard InChI is InChI=1S/C15H9N3O2/c19-14-12-9-4-2-1-3-8(9)5-6-10(12)11-7-16-15(20)18-13(11)17-14/h1-7H,(H2,16,17,18,19,20). The van der Waals surface area contributed by atoms with E-state index in [4.69, 9.17) is 0 Å². The van der Waals surface area contributed by atoms with E-state index in [0.717, 1.165) is 21.5 Å². The van der Waals surface area contributed by atoms with Crippen LogP contribution >= 0.6 is 0 Å². The first kappa shape index (κ1) is 10.9. The van der Waals surface area contributed by atoms with Gasteiger partial charge in [0.25, 0.3) is 5.56 Å². The lowest BCUT2D eigenvalue weighted by atomic mass is 10.0. The first-order valence-corrected chi connectivity index (χ1v) is 6.17. The summed E-state index contributed by atoms with van der Waals surface area (Å²) in [6.07, 6.45) is 1.49. The van der Waals surface area contributed by atoms with Crippen molar-refractivity contribution in [3.8, 4) is 0 Å². The Labute approximate surface area is 111 Å². The number of nitrogens with one attached hydrogen (secondary N) is 2. The highest BCUT2D eigenvalue weighted by atomic mass is 16.1. The number of aromatic nitrogens is 3. The first-order chi connectivity index (χ1) is 9.74. The second kappa shape index (κ2) is 3.77. The van der Waals surface area contributed by atoms with Crippen molar-refractivity contribution in [1.29, 1.82) is 0 Å². The third kappa shape index (κ3) is 1.40. The summed E-state index contributed by atoms with van der Waals surface area (Å²) in [4.78, 5) is 32.6. The predicted molar refractivity (Wildman–Crippen MR) is 78.0 cm³/mol. The molecule has 0 atom stereocenters. The molecule has 5 nitrogen and oxygen atoms in total. The van der Waals surface area contributed by atoms with E-state index >= 15 is 0 Å². The molecule has 96 valence electrons. The average Bonchev–Trinajstić information content (AvgIpc) is 2.46. The van der Waals surface area contributed by atoms with E-state index in [2.05, 4.69) is 15.0 Å². The van der Waals surface area contributed by atoms with Crippen molar-refractivity contribution in [3.05, 3.63) is 63.4 Å². The molecule has 0 unspecified atom stereocenters. The van der Waals surface area contributed by atoms with E-state index in [1.165, 1.54) is 6.20 Å². The molecule has 0 aliphatic heterocycles. The Morgan fingerprint density at radius 1 is 0.850 bits per heavy atom. The number of fused-ring (bicyclic) bond motifs is 5. The van der Waals surface area contributed by atoms with Crippen LogP contribution in [0.1, 0.15) is 0 Å². The summed E-state index contributed by atoms with van der Waals surface area (Å²) < 4.78 is 0. The third-order valence-electron chi connectivity index (χ3n) is 3.50. The summed E-state index contributed by atoms with van der Waals surface area (Å²) in [6.45, 7) is 0. The molecule has 0 bridgehead atoms. The molecule has 0 radical (unpaired) electrons. The van der Waals surface area contributed by atoms with Gasteiger partial charge in [-0.25, -0.2) is 9.78 Å². The van der Waals surface area contributed by atoms with Crippen LogP contribution in [-0.4, -0.2) is 15.0 Å². The first-order valence-electron chi connectivity index (χ1n) is 6.17. The van der Waals surface area contributed by atoms with E-state index < -0.39 is 5.69 Å². The Morgan fingerprint density at radius 3 is 2.60 bits per heavy atom. The molecule has 4 aromatic rings. The van der Waals surface area contributed by atoms with Crippen LogP contribution in [0.4, 0.5) is 0 Å². The number of pyridine rings is 1. The fourth-order valence-electron chi connectivity index (χ4n) is 2.61. The molecule has 0 saturated carbocycles. The van der Waals surface area contributed by atoms with E-state index in [1.807, 2.05) is 36.4 Å². The summed E-state index contributed by atoms with van der Waals surface area (Å²) in [6, 6.07) is 11.6. The highest BCUT2D eigenvalue weighted by Gasteiger charge is 2.09. The molecule has 0 aliphatic rings. The largest absolute Gasteiger partial charge is 0.346 e. The van der Waals surface area contributed by atoms with Gasteiger partial charge in [0.2, 0.25) is 0 Å². The minimum absolute atomic E-state index is 0.217. The molecule has 0 amide bonds. The van der Waals surface area contributed by atoms with Crippen LogP contribution in [0, 0.1) is 0 Å². The molecule has 0 fully saturated rings. The minimum atomic E-state index is -0.478. The maximum atomic E-state index is 12.3. The molecular weight excluding hydrogens is 254 g/mol. The fourth-order valence-corrected chi connectivity index (χ4v) is 2.61. The van der Waals surface area contributed by atoms with Crippen LogP contribution in [0.3, 0.4) is 0 Å². The van der Waals surface area contributed by atoms with Crippen LogP contribution in [0.15, 0.2) is 52.2 Å². The Morgan fingerprint density at radius 2 is 1.70 bits per heavy atom. The fraction of sp³-hybridized carbons (Fsp3) is 0. The third-order valence-corrected chi connectivity index (χ3v) is 3.50. The maximum absolute atomic E-state index is 12.3. The van der Waals surface area contributed by atoms with E-state index in [9.17, 15) is 9.59 Å². The molecular formula is C15H9N3O2. The second-order valence-electron chi connectivity index (χ2n) is 4.64. The lowest BCUT2D eigenvalue weighted by Gasteiger charge is -2.05. The van der Waals surface area contributed by atoms with E-state index in [0.29, 0.717) is 11.0 Å². The monoisotopic (exact) mass is 263 g/mol. The second-order valence-corrected chi connectivity index (χ2v) is 4.64. The number of nitrogens with zero attached hydrogens (tertiary/aromatic N) is 1. The van der Waals surface area contributed by atoms with Gasteiger partial charge in [0, 0.05) is 17.0 Å². The molecule has 5 heteroatoms. The van der Waals surface area contributed by atoms with Gasteiger partial charge in [-0.05, 0) is 10.8 Å². The summed E-state index contributed by atoms with van der Waals surface area (Å²) in [7, 11) is 0. The number of H-pyrrole nitrogens is 2. The molecule has 0 saturated heterocycles. The molecule has 2 aromatic carbocycles. The van der Waals surface area contributed by atoms with Gasteiger partial charge in [-0.1, -0.05) is 36.4 Å². The normalized spacial score (nSPS) is 11.4. The van der Waals surface area contributed by atoms with Crippen molar-refractivity contribution in [1.82, 2.24) is 15.0 Å². The number of hydrogen-bond acceptors (Lipinski definition) is 3. The van der Waals surface area contributed by atoms with Gasteiger partial charge in [-0.2, -0.15) is 0 Å². The Balaban J connectivity index is 2.38. The molecule has 2 aromatic heterocycles. The summed E-state index contributed by atoms with van der Waals surface area (Å²) >= 11 is 0. The minimum Gasteiger partial charge on any atom is -0.307 e. The molecule has 0 spiro atoms. The maximum Gasteiger partial charge on any atom is 0.346 e. The Hall–Kier alpha value is -2.95. The zero-order valence-corrected chi connectivity index (χ0v) is 10.3. The van der Waals surface area contributed by atoms with Gasteiger partial charge in [0.05, 0.1) is 5.39 Å². The zero-order valence-electron chi connectivity index (χ0n) is 10.3. The van der Waals surface area contributed by atoms with Gasteiger partial charge >= 0.3 is 5.69 Å². The molecule has 0 aliphatic carbocycles. The van der Waals surface area contributed by atoms with Crippen LogP contribution in [-0.2, 0) is 0 Å². The number of benzene rings is 2. The van der Waals surface area contributed by atoms with Crippen LogP contribution in [0.25, 0.3) is 32.6 Å². The van der Waals surface area contributed by atoms with Crippen molar-refractivity contribution < 1.29 is 0 Å².